The number of nitrogens with one attached hydrogen (secondary N) is 1. The first-order valence-electron chi connectivity index (χ1n) is 6.55. The molecule has 1 amide bonds. The molecular formula is C14H18BrClN2O. The molecule has 1 heterocycles. The van der Waals surface area contributed by atoms with E-state index in [0.29, 0.717) is 11.6 Å². The van der Waals surface area contributed by atoms with E-state index in [1.54, 1.807) is 12.3 Å². The van der Waals surface area contributed by atoms with Crippen molar-refractivity contribution in [2.24, 2.45) is 5.92 Å². The highest BCUT2D eigenvalue weighted by Gasteiger charge is 2.35. The highest BCUT2D eigenvalue weighted by molar-refractivity contribution is 9.10. The molecule has 0 aromatic carbocycles. The second kappa shape index (κ2) is 6.23. The van der Waals surface area contributed by atoms with Gasteiger partial charge in [-0.3, -0.25) is 4.79 Å². The number of amides is 1. The lowest BCUT2D eigenvalue weighted by Crippen LogP contribution is -2.52. The van der Waals surface area contributed by atoms with Crippen molar-refractivity contribution in [1.29, 1.82) is 0 Å². The number of hydrogen-bond acceptors (Lipinski definition) is 2. The van der Waals surface area contributed by atoms with Crippen LogP contribution in [0.5, 0.6) is 0 Å². The lowest BCUT2D eigenvalue weighted by molar-refractivity contribution is 0.0867. The van der Waals surface area contributed by atoms with Crippen molar-refractivity contribution >= 4 is 33.4 Å². The number of carbonyl (C=O) groups is 1. The lowest BCUT2D eigenvalue weighted by atomic mass is 9.78. The number of pyridine rings is 1. The van der Waals surface area contributed by atoms with Crippen LogP contribution in [0.4, 0.5) is 0 Å². The second-order valence-corrected chi connectivity index (χ2v) is 6.60. The van der Waals surface area contributed by atoms with E-state index in [2.05, 4.69) is 33.2 Å². The molecule has 1 aromatic heterocycles. The van der Waals surface area contributed by atoms with Gasteiger partial charge in [-0.05, 0) is 59.7 Å². The Morgan fingerprint density at radius 3 is 2.74 bits per heavy atom. The van der Waals surface area contributed by atoms with Crippen LogP contribution in [0.15, 0.2) is 22.8 Å². The van der Waals surface area contributed by atoms with E-state index in [4.69, 9.17) is 11.6 Å². The normalized spacial score (nSPS) is 27.0. The van der Waals surface area contributed by atoms with Gasteiger partial charge in [-0.2, -0.15) is 0 Å². The highest BCUT2D eigenvalue weighted by Crippen LogP contribution is 2.33. The van der Waals surface area contributed by atoms with E-state index in [1.165, 1.54) is 0 Å². The summed E-state index contributed by atoms with van der Waals surface area (Å²) in [6.07, 6.45) is 5.74. The molecule has 0 bridgehead atoms. The predicted molar refractivity (Wildman–Crippen MR) is 80.5 cm³/mol. The number of rotatable bonds is 3. The maximum absolute atomic E-state index is 12.2. The number of alkyl halides is 1. The van der Waals surface area contributed by atoms with Gasteiger partial charge in [-0.15, -0.1) is 11.6 Å². The summed E-state index contributed by atoms with van der Waals surface area (Å²) in [4.78, 5) is 16.3. The lowest BCUT2D eigenvalue weighted by Gasteiger charge is -2.38. The van der Waals surface area contributed by atoms with Gasteiger partial charge >= 0.3 is 0 Å². The fourth-order valence-electron chi connectivity index (χ4n) is 2.42. The highest BCUT2D eigenvalue weighted by atomic mass is 79.9. The first-order chi connectivity index (χ1) is 9.04. The summed E-state index contributed by atoms with van der Waals surface area (Å²) in [7, 11) is 0. The van der Waals surface area contributed by atoms with Gasteiger partial charge in [0.25, 0.3) is 5.91 Å². The van der Waals surface area contributed by atoms with Crippen LogP contribution in [-0.2, 0) is 0 Å². The van der Waals surface area contributed by atoms with Crippen molar-refractivity contribution < 1.29 is 4.79 Å². The average Bonchev–Trinajstić information content (AvgIpc) is 2.42. The van der Waals surface area contributed by atoms with E-state index in [-0.39, 0.29) is 11.4 Å². The van der Waals surface area contributed by atoms with Crippen molar-refractivity contribution in [1.82, 2.24) is 10.3 Å². The Balaban J connectivity index is 2.06. The van der Waals surface area contributed by atoms with Gasteiger partial charge in [0, 0.05) is 16.5 Å². The standard InChI is InChI=1S/C14H18BrClN2O/c1-10-4-6-14(9-16,7-5-10)18-13(19)12-3-2-11(15)8-17-12/h2-3,8,10H,4-7,9H2,1H3,(H,18,19). The number of nitrogens with zero attached hydrogens (tertiary/aromatic N) is 1. The summed E-state index contributed by atoms with van der Waals surface area (Å²) < 4.78 is 0.864. The quantitative estimate of drug-likeness (QED) is 0.848. The van der Waals surface area contributed by atoms with E-state index in [0.717, 1.165) is 36.1 Å². The Labute approximate surface area is 127 Å². The molecule has 0 unspecified atom stereocenters. The third kappa shape index (κ3) is 3.69. The zero-order valence-corrected chi connectivity index (χ0v) is 13.3. The van der Waals surface area contributed by atoms with Crippen molar-refractivity contribution in [3.05, 3.63) is 28.5 Å². The SMILES string of the molecule is CC1CCC(CCl)(NC(=O)c2ccc(Br)cn2)CC1. The molecule has 1 aliphatic carbocycles. The van der Waals surface area contributed by atoms with Gasteiger partial charge in [0.1, 0.15) is 5.69 Å². The van der Waals surface area contributed by atoms with Crippen molar-refractivity contribution in [2.75, 3.05) is 5.88 Å². The Hall–Kier alpha value is -0.610. The van der Waals surface area contributed by atoms with E-state index >= 15 is 0 Å². The zero-order chi connectivity index (χ0) is 13.9. The third-order valence-electron chi connectivity index (χ3n) is 3.83. The summed E-state index contributed by atoms with van der Waals surface area (Å²) in [5.74, 6) is 1.05. The largest absolute Gasteiger partial charge is 0.344 e. The number of aromatic nitrogens is 1. The summed E-state index contributed by atoms with van der Waals surface area (Å²) >= 11 is 9.41. The number of carbonyl (C=O) groups excluding carboxylic acids is 1. The van der Waals surface area contributed by atoms with Crippen LogP contribution >= 0.6 is 27.5 Å². The third-order valence-corrected chi connectivity index (χ3v) is 4.81. The van der Waals surface area contributed by atoms with E-state index < -0.39 is 0 Å². The first-order valence-corrected chi connectivity index (χ1v) is 7.87. The van der Waals surface area contributed by atoms with Gasteiger partial charge in [-0.1, -0.05) is 6.92 Å². The Kier molecular flexibility index (Phi) is 4.85. The van der Waals surface area contributed by atoms with Crippen LogP contribution in [-0.4, -0.2) is 22.3 Å². The molecule has 5 heteroatoms. The van der Waals surface area contributed by atoms with Crippen molar-refractivity contribution in [3.8, 4) is 0 Å². The molecule has 3 nitrogen and oxygen atoms in total. The minimum atomic E-state index is -0.264. The summed E-state index contributed by atoms with van der Waals surface area (Å²) in [5, 5.41) is 3.09. The molecule has 1 aromatic rings. The van der Waals surface area contributed by atoms with Gasteiger partial charge < -0.3 is 5.32 Å². The molecule has 19 heavy (non-hydrogen) atoms. The molecule has 1 fully saturated rings. The molecule has 0 atom stereocenters. The monoisotopic (exact) mass is 344 g/mol. The van der Waals surface area contributed by atoms with E-state index in [1.807, 2.05) is 6.07 Å². The summed E-state index contributed by atoms with van der Waals surface area (Å²) in [6.45, 7) is 2.25. The topological polar surface area (TPSA) is 42.0 Å². The smallest absolute Gasteiger partial charge is 0.270 e. The molecule has 2 rings (SSSR count). The maximum Gasteiger partial charge on any atom is 0.270 e. The Bertz CT molecular complexity index is 441. The Morgan fingerprint density at radius 2 is 2.21 bits per heavy atom. The maximum atomic E-state index is 12.2. The van der Waals surface area contributed by atoms with Gasteiger partial charge in [0.2, 0.25) is 0 Å². The van der Waals surface area contributed by atoms with Crippen LogP contribution in [0, 0.1) is 5.92 Å². The molecule has 0 saturated heterocycles. The molecular weight excluding hydrogens is 328 g/mol. The molecule has 104 valence electrons. The molecule has 0 aliphatic heterocycles. The van der Waals surface area contributed by atoms with Crippen molar-refractivity contribution in [3.63, 3.8) is 0 Å². The first kappa shape index (κ1) is 14.8. The van der Waals surface area contributed by atoms with Crippen LogP contribution < -0.4 is 5.32 Å². The molecule has 0 radical (unpaired) electrons. The van der Waals surface area contributed by atoms with Crippen LogP contribution in [0.25, 0.3) is 0 Å². The predicted octanol–water partition coefficient (Wildman–Crippen LogP) is 3.76. The Morgan fingerprint density at radius 1 is 1.53 bits per heavy atom. The summed E-state index contributed by atoms with van der Waals surface area (Å²) in [5.41, 5.74) is 0.172. The molecule has 0 spiro atoms. The minimum absolute atomic E-state index is 0.136. The van der Waals surface area contributed by atoms with Gasteiger partial charge in [-0.25, -0.2) is 4.98 Å². The minimum Gasteiger partial charge on any atom is -0.344 e. The van der Waals surface area contributed by atoms with E-state index in [9.17, 15) is 4.79 Å². The zero-order valence-electron chi connectivity index (χ0n) is 11.0. The van der Waals surface area contributed by atoms with Crippen LogP contribution in [0.2, 0.25) is 0 Å². The van der Waals surface area contributed by atoms with Crippen molar-refractivity contribution in [2.45, 2.75) is 38.1 Å². The van der Waals surface area contributed by atoms with Crippen LogP contribution in [0.3, 0.4) is 0 Å². The molecule has 1 N–H and O–H groups in total. The van der Waals surface area contributed by atoms with Gasteiger partial charge in [0.05, 0.1) is 5.54 Å². The summed E-state index contributed by atoms with van der Waals surface area (Å²) in [6, 6.07) is 3.53. The number of halogens is 2. The second-order valence-electron chi connectivity index (χ2n) is 5.41. The average molecular weight is 346 g/mol. The number of hydrogen-bond donors (Lipinski definition) is 1. The van der Waals surface area contributed by atoms with Gasteiger partial charge in [0.15, 0.2) is 0 Å². The molecule has 1 saturated carbocycles. The van der Waals surface area contributed by atoms with Crippen LogP contribution in [0.1, 0.15) is 43.1 Å². The fraction of sp³-hybridized carbons (Fsp3) is 0.571. The molecule has 1 aliphatic rings. The fourth-order valence-corrected chi connectivity index (χ4v) is 2.99.